The fraction of sp³-hybridized carbons (Fsp3) is 0.636. The molecule has 2 rings (SSSR count). The van der Waals surface area contributed by atoms with Crippen molar-refractivity contribution in [3.63, 3.8) is 0 Å². The molecule has 11 heavy (non-hydrogen) atoms. The van der Waals surface area contributed by atoms with E-state index in [9.17, 15) is 0 Å². The highest BCUT2D eigenvalue weighted by atomic mass is 14.3. The highest BCUT2D eigenvalue weighted by Gasteiger charge is 2.24. The molecular formula is C11H16. The van der Waals surface area contributed by atoms with Gasteiger partial charge in [-0.25, -0.2) is 0 Å². The maximum Gasteiger partial charge on any atom is -0.0157 e. The monoisotopic (exact) mass is 148 g/mol. The van der Waals surface area contributed by atoms with E-state index in [1.165, 1.54) is 19.3 Å². The standard InChI is InChI=1S/C11H16/c1-8-6-10-4-3-5-11(10)7-9(8)2/h4-5,8-9H,3,6-7H2,1-2H3/t8-,9-/m0/s1. The summed E-state index contributed by atoms with van der Waals surface area (Å²) in [4.78, 5) is 0. The van der Waals surface area contributed by atoms with Crippen LogP contribution in [0.2, 0.25) is 0 Å². The Labute approximate surface area is 69.0 Å². The number of rotatable bonds is 0. The van der Waals surface area contributed by atoms with Crippen molar-refractivity contribution >= 4 is 0 Å². The third-order valence-electron chi connectivity index (χ3n) is 3.20. The summed E-state index contributed by atoms with van der Waals surface area (Å²) in [5, 5.41) is 0. The topological polar surface area (TPSA) is 0 Å². The molecule has 1 fully saturated rings. The largest absolute Gasteiger partial charge is 0.0772 e. The van der Waals surface area contributed by atoms with Gasteiger partial charge in [0.25, 0.3) is 0 Å². The van der Waals surface area contributed by atoms with E-state index >= 15 is 0 Å². The van der Waals surface area contributed by atoms with Crippen molar-refractivity contribution < 1.29 is 0 Å². The molecule has 0 nitrogen and oxygen atoms in total. The maximum atomic E-state index is 2.40. The molecule has 0 bridgehead atoms. The zero-order chi connectivity index (χ0) is 7.84. The molecule has 0 heteroatoms. The number of hydrogen-bond acceptors (Lipinski definition) is 0. The van der Waals surface area contributed by atoms with Crippen LogP contribution in [-0.4, -0.2) is 0 Å². The van der Waals surface area contributed by atoms with Gasteiger partial charge in [0.05, 0.1) is 0 Å². The lowest BCUT2D eigenvalue weighted by molar-refractivity contribution is 0.360. The number of hydrogen-bond donors (Lipinski definition) is 0. The second kappa shape index (κ2) is 2.51. The van der Waals surface area contributed by atoms with Gasteiger partial charge in [-0.15, -0.1) is 0 Å². The summed E-state index contributed by atoms with van der Waals surface area (Å²) in [6.07, 6.45) is 8.65. The Bertz CT molecular complexity index is 196. The molecule has 0 N–H and O–H groups in total. The zero-order valence-corrected chi connectivity index (χ0v) is 7.43. The van der Waals surface area contributed by atoms with Crippen LogP contribution in [0.15, 0.2) is 23.3 Å². The maximum absolute atomic E-state index is 2.40. The van der Waals surface area contributed by atoms with Gasteiger partial charge < -0.3 is 0 Å². The van der Waals surface area contributed by atoms with Crippen LogP contribution in [0.5, 0.6) is 0 Å². The number of fused-ring (bicyclic) bond motifs is 1. The molecule has 0 radical (unpaired) electrons. The Kier molecular flexibility index (Phi) is 1.63. The molecule has 0 amide bonds. The van der Waals surface area contributed by atoms with Gasteiger partial charge in [0.2, 0.25) is 0 Å². The van der Waals surface area contributed by atoms with Gasteiger partial charge >= 0.3 is 0 Å². The van der Waals surface area contributed by atoms with Crippen molar-refractivity contribution in [2.45, 2.75) is 33.1 Å². The van der Waals surface area contributed by atoms with E-state index in [1.807, 2.05) is 0 Å². The lowest BCUT2D eigenvalue weighted by atomic mass is 9.77. The Balaban J connectivity index is 2.19. The van der Waals surface area contributed by atoms with Crippen molar-refractivity contribution in [1.82, 2.24) is 0 Å². The first-order valence-corrected chi connectivity index (χ1v) is 4.66. The lowest BCUT2D eigenvalue weighted by Crippen LogP contribution is -2.15. The molecule has 0 saturated heterocycles. The van der Waals surface area contributed by atoms with Crippen LogP contribution in [-0.2, 0) is 0 Å². The van der Waals surface area contributed by atoms with Crippen LogP contribution in [0.4, 0.5) is 0 Å². The first kappa shape index (κ1) is 7.15. The average Bonchev–Trinajstić information content (AvgIpc) is 2.36. The third kappa shape index (κ3) is 1.15. The fourth-order valence-electron chi connectivity index (χ4n) is 2.13. The van der Waals surface area contributed by atoms with Gasteiger partial charge in [0.15, 0.2) is 0 Å². The molecule has 0 unspecified atom stereocenters. The molecule has 2 aliphatic carbocycles. The summed E-state index contributed by atoms with van der Waals surface area (Å²) >= 11 is 0. The van der Waals surface area contributed by atoms with Gasteiger partial charge in [0.1, 0.15) is 0 Å². The van der Waals surface area contributed by atoms with E-state index < -0.39 is 0 Å². The highest BCUT2D eigenvalue weighted by molar-refractivity contribution is 5.39. The van der Waals surface area contributed by atoms with Gasteiger partial charge in [-0.1, -0.05) is 26.0 Å². The van der Waals surface area contributed by atoms with Gasteiger partial charge in [-0.05, 0) is 42.2 Å². The van der Waals surface area contributed by atoms with Crippen LogP contribution in [0.1, 0.15) is 33.1 Å². The summed E-state index contributed by atoms with van der Waals surface area (Å²) in [6, 6.07) is 0. The van der Waals surface area contributed by atoms with Crippen molar-refractivity contribution in [3.05, 3.63) is 23.3 Å². The minimum atomic E-state index is 0.900. The normalized spacial score (nSPS) is 36.2. The van der Waals surface area contributed by atoms with Crippen molar-refractivity contribution in [1.29, 1.82) is 0 Å². The molecule has 0 aromatic heterocycles. The molecule has 0 aliphatic heterocycles. The van der Waals surface area contributed by atoms with Crippen LogP contribution >= 0.6 is 0 Å². The quantitative estimate of drug-likeness (QED) is 0.494. The van der Waals surface area contributed by atoms with Crippen molar-refractivity contribution in [3.8, 4) is 0 Å². The SMILES string of the molecule is C[C@H]1CC2=CCC=C2C[C@@H]1C. The molecule has 1 saturated carbocycles. The predicted molar refractivity (Wildman–Crippen MR) is 48.3 cm³/mol. The van der Waals surface area contributed by atoms with Crippen LogP contribution < -0.4 is 0 Å². The molecular weight excluding hydrogens is 132 g/mol. The van der Waals surface area contributed by atoms with E-state index in [0.717, 1.165) is 11.8 Å². The van der Waals surface area contributed by atoms with Gasteiger partial charge in [-0.2, -0.15) is 0 Å². The third-order valence-corrected chi connectivity index (χ3v) is 3.20. The summed E-state index contributed by atoms with van der Waals surface area (Å²) < 4.78 is 0. The Morgan fingerprint density at radius 3 is 1.91 bits per heavy atom. The summed E-state index contributed by atoms with van der Waals surface area (Å²) in [5.41, 5.74) is 3.30. The molecule has 0 spiro atoms. The fourth-order valence-corrected chi connectivity index (χ4v) is 2.13. The molecule has 60 valence electrons. The second-order valence-corrected chi connectivity index (χ2v) is 4.06. The minimum Gasteiger partial charge on any atom is -0.0772 e. The summed E-state index contributed by atoms with van der Waals surface area (Å²) in [5.74, 6) is 1.80. The summed E-state index contributed by atoms with van der Waals surface area (Å²) in [6.45, 7) is 4.75. The molecule has 0 aromatic carbocycles. The van der Waals surface area contributed by atoms with Crippen LogP contribution in [0.3, 0.4) is 0 Å². The van der Waals surface area contributed by atoms with E-state index in [2.05, 4.69) is 26.0 Å². The first-order chi connectivity index (χ1) is 5.27. The van der Waals surface area contributed by atoms with E-state index in [4.69, 9.17) is 0 Å². The molecule has 2 aliphatic rings. The Hall–Kier alpha value is -0.520. The van der Waals surface area contributed by atoms with Gasteiger partial charge in [0, 0.05) is 0 Å². The second-order valence-electron chi connectivity index (χ2n) is 4.06. The molecule has 0 heterocycles. The molecule has 0 aromatic rings. The van der Waals surface area contributed by atoms with Crippen LogP contribution in [0.25, 0.3) is 0 Å². The van der Waals surface area contributed by atoms with Gasteiger partial charge in [-0.3, -0.25) is 0 Å². The highest BCUT2D eigenvalue weighted by Crippen LogP contribution is 2.39. The van der Waals surface area contributed by atoms with E-state index in [1.54, 1.807) is 11.1 Å². The van der Waals surface area contributed by atoms with Crippen LogP contribution in [0, 0.1) is 11.8 Å². The lowest BCUT2D eigenvalue weighted by Gasteiger charge is -2.28. The Morgan fingerprint density at radius 1 is 1.00 bits per heavy atom. The number of allylic oxidation sites excluding steroid dienone is 4. The van der Waals surface area contributed by atoms with Crippen molar-refractivity contribution in [2.75, 3.05) is 0 Å². The summed E-state index contributed by atoms with van der Waals surface area (Å²) in [7, 11) is 0. The Morgan fingerprint density at radius 2 is 1.45 bits per heavy atom. The molecule has 2 atom stereocenters. The average molecular weight is 148 g/mol. The van der Waals surface area contributed by atoms with Crippen molar-refractivity contribution in [2.24, 2.45) is 11.8 Å². The predicted octanol–water partition coefficient (Wildman–Crippen LogP) is 3.31. The van der Waals surface area contributed by atoms with E-state index in [-0.39, 0.29) is 0 Å². The van der Waals surface area contributed by atoms with E-state index in [0.29, 0.717) is 0 Å². The zero-order valence-electron chi connectivity index (χ0n) is 7.43. The first-order valence-electron chi connectivity index (χ1n) is 4.66. The smallest absolute Gasteiger partial charge is 0.0157 e. The minimum absolute atomic E-state index is 0.900.